The summed E-state index contributed by atoms with van der Waals surface area (Å²) in [5.41, 5.74) is 14.0. The van der Waals surface area contributed by atoms with Crippen molar-refractivity contribution < 1.29 is 18.9 Å². The fourth-order valence-electron chi connectivity index (χ4n) is 11.9. The van der Waals surface area contributed by atoms with Crippen LogP contribution in [0.4, 0.5) is 0 Å². The zero-order chi connectivity index (χ0) is 52.3. The molecule has 2 unspecified atom stereocenters. The van der Waals surface area contributed by atoms with Crippen LogP contribution in [0.2, 0.25) is 0 Å². The van der Waals surface area contributed by atoms with Crippen molar-refractivity contribution >= 4 is 45.2 Å². The molecule has 2 atom stereocenters. The zero-order valence-corrected chi connectivity index (χ0v) is 43.4. The van der Waals surface area contributed by atoms with Crippen LogP contribution in [0.15, 0.2) is 207 Å². The van der Waals surface area contributed by atoms with Gasteiger partial charge in [-0.15, -0.1) is 11.8 Å². The second kappa shape index (κ2) is 20.6. The lowest BCUT2D eigenvalue weighted by Gasteiger charge is -2.38. The fraction of sp³-hybridized carbons (Fsp3) is 0.127. The number of methoxy groups -OCH3 is 2. The van der Waals surface area contributed by atoms with Gasteiger partial charge in [-0.1, -0.05) is 145 Å². The highest BCUT2D eigenvalue weighted by Crippen LogP contribution is 2.53. The van der Waals surface area contributed by atoms with Crippen LogP contribution in [0.5, 0.6) is 11.5 Å². The highest BCUT2D eigenvalue weighted by Gasteiger charge is 2.45. The summed E-state index contributed by atoms with van der Waals surface area (Å²) < 4.78 is 24.3. The molecule has 0 radical (unpaired) electrons. The molecule has 8 aromatic carbocycles. The first kappa shape index (κ1) is 48.3. The molecule has 2 aliphatic carbocycles. The standard InChI is InChI=1S/C71H54N2O4/c1-5-7-37-76-60-31-23-50-40-58(29-21-52(50)42-60)70(64-15-11-9-13-54(64)44-68(74-3)62-46-72-35-33-66(62)70)56-25-17-48(18-26-56)39-49-19-27-57(28-20-49)71(59-30-22-53-43-61(77-38-8-6-2)32-24-51(53)41-59)65-16-12-10-14-55(65)45-69(75-4)63-47-73-36-34-67(63)71/h9-36,40-47H,37-39H2,1-4H3. The van der Waals surface area contributed by atoms with Crippen molar-refractivity contribution in [2.24, 2.45) is 0 Å². The van der Waals surface area contributed by atoms with Gasteiger partial charge in [-0.2, -0.15) is 0 Å². The summed E-state index contributed by atoms with van der Waals surface area (Å²) in [5.74, 6) is 15.0. The molecule has 12 rings (SSSR count). The largest absolute Gasteiger partial charge is 0.496 e. The van der Waals surface area contributed by atoms with Crippen LogP contribution in [0.1, 0.15) is 91.7 Å². The number of rotatable bonds is 12. The minimum absolute atomic E-state index is 0.346. The fourth-order valence-corrected chi connectivity index (χ4v) is 11.9. The molecule has 6 heteroatoms. The lowest BCUT2D eigenvalue weighted by Crippen LogP contribution is -2.32. The summed E-state index contributed by atoms with van der Waals surface area (Å²) in [6.45, 7) is 4.34. The van der Waals surface area contributed by atoms with Crippen LogP contribution >= 0.6 is 0 Å². The number of hydrogen-bond acceptors (Lipinski definition) is 6. The molecule has 0 amide bonds. The van der Waals surface area contributed by atoms with Gasteiger partial charge in [0, 0.05) is 35.9 Å². The zero-order valence-electron chi connectivity index (χ0n) is 43.4. The molecule has 2 aromatic heterocycles. The Labute approximate surface area is 450 Å². The molecule has 0 spiro atoms. The molecular weight excluding hydrogens is 945 g/mol. The summed E-state index contributed by atoms with van der Waals surface area (Å²) in [5, 5.41) is 4.39. The van der Waals surface area contributed by atoms with E-state index in [9.17, 15) is 0 Å². The van der Waals surface area contributed by atoms with Gasteiger partial charge in [-0.25, -0.2) is 0 Å². The van der Waals surface area contributed by atoms with Crippen LogP contribution in [0.3, 0.4) is 0 Å². The normalized spacial score (nSPS) is 16.0. The molecule has 372 valence electrons. The van der Waals surface area contributed by atoms with Crippen molar-refractivity contribution in [3.8, 4) is 35.2 Å². The third-order valence-electron chi connectivity index (χ3n) is 15.4. The van der Waals surface area contributed by atoms with Gasteiger partial charge in [-0.3, -0.25) is 9.97 Å². The van der Waals surface area contributed by atoms with Crippen molar-refractivity contribution in [3.63, 3.8) is 0 Å². The molecule has 0 saturated heterocycles. The lowest BCUT2D eigenvalue weighted by atomic mass is 9.63. The van der Waals surface area contributed by atoms with Gasteiger partial charge in [0.25, 0.3) is 0 Å². The maximum atomic E-state index is 6.17. The number of hydrogen-bond donors (Lipinski definition) is 0. The quantitative estimate of drug-likeness (QED) is 0.114. The van der Waals surface area contributed by atoms with E-state index in [1.54, 1.807) is 14.2 Å². The molecule has 6 nitrogen and oxygen atoms in total. The predicted octanol–water partition coefficient (Wildman–Crippen LogP) is 14.9. The number of pyridine rings is 2. The molecule has 2 aliphatic rings. The second-order valence-electron chi connectivity index (χ2n) is 19.4. The Kier molecular flexibility index (Phi) is 12.9. The van der Waals surface area contributed by atoms with E-state index < -0.39 is 10.8 Å². The van der Waals surface area contributed by atoms with E-state index >= 15 is 0 Å². The Morgan fingerprint density at radius 3 is 1.25 bits per heavy atom. The molecule has 10 aromatic rings. The van der Waals surface area contributed by atoms with E-state index in [1.165, 1.54) is 11.1 Å². The van der Waals surface area contributed by atoms with Crippen LogP contribution in [-0.2, 0) is 26.7 Å². The summed E-state index contributed by atoms with van der Waals surface area (Å²) in [6.07, 6.45) is 12.7. The summed E-state index contributed by atoms with van der Waals surface area (Å²) in [7, 11) is 3.48. The molecule has 0 bridgehead atoms. The molecule has 0 saturated carbocycles. The Hall–Kier alpha value is -9.62. The van der Waals surface area contributed by atoms with Crippen LogP contribution < -0.4 is 9.47 Å². The topological polar surface area (TPSA) is 62.7 Å². The number of nitrogens with zero attached hydrogens (tertiary/aromatic N) is 2. The summed E-state index contributed by atoms with van der Waals surface area (Å²) in [6, 6.07) is 66.2. The number of ether oxygens (including phenoxy) is 4. The first-order valence-electron chi connectivity index (χ1n) is 25.9. The van der Waals surface area contributed by atoms with Crippen molar-refractivity contribution in [2.75, 3.05) is 27.4 Å². The molecule has 0 aliphatic heterocycles. The Bertz CT molecular complexity index is 3830. The average Bonchev–Trinajstić information content (AvgIpc) is 3.85. The Morgan fingerprint density at radius 1 is 0.416 bits per heavy atom. The predicted molar refractivity (Wildman–Crippen MR) is 311 cm³/mol. The molecule has 0 fully saturated rings. The first-order chi connectivity index (χ1) is 38.0. The number of aromatic nitrogens is 2. The molecular formula is C71H54N2O4. The van der Waals surface area contributed by atoms with Gasteiger partial charge in [-0.05, 0) is 169 Å². The van der Waals surface area contributed by atoms with Gasteiger partial charge < -0.3 is 18.9 Å². The first-order valence-corrected chi connectivity index (χ1v) is 25.9. The van der Waals surface area contributed by atoms with Crippen molar-refractivity contribution in [1.82, 2.24) is 9.97 Å². The van der Waals surface area contributed by atoms with Gasteiger partial charge >= 0.3 is 0 Å². The van der Waals surface area contributed by atoms with Crippen molar-refractivity contribution in [1.29, 1.82) is 0 Å². The highest BCUT2D eigenvalue weighted by molar-refractivity contribution is 5.91. The third-order valence-corrected chi connectivity index (χ3v) is 15.4. The minimum Gasteiger partial charge on any atom is -0.496 e. The average molecular weight is 999 g/mol. The van der Waals surface area contributed by atoms with E-state index in [1.807, 2.05) is 50.8 Å². The van der Waals surface area contributed by atoms with Crippen LogP contribution in [0, 0.1) is 23.7 Å². The summed E-state index contributed by atoms with van der Waals surface area (Å²) in [4.78, 5) is 9.32. The van der Waals surface area contributed by atoms with Gasteiger partial charge in [0.05, 0.1) is 25.0 Å². The SMILES string of the molecule is CC#CCOc1ccc2cc(C3(c4ccc(Cc5ccc(C6(c7ccc8cc(OCC#CC)ccc8c7)c7ccccc7C=C(OC)c7cnccc76)cc5)cc4)c4ccccc4C=C(OC)c4cnccc43)ccc2c1. The second-order valence-corrected chi connectivity index (χ2v) is 19.4. The molecule has 2 heterocycles. The number of fused-ring (bicyclic) bond motifs is 6. The van der Waals surface area contributed by atoms with Crippen molar-refractivity contribution in [3.05, 3.63) is 285 Å². The van der Waals surface area contributed by atoms with Crippen LogP contribution in [0.25, 0.3) is 45.2 Å². The van der Waals surface area contributed by atoms with E-state index in [2.05, 4.69) is 216 Å². The van der Waals surface area contributed by atoms with Gasteiger partial charge in [0.1, 0.15) is 36.2 Å². The van der Waals surface area contributed by atoms with E-state index in [0.29, 0.717) is 13.2 Å². The van der Waals surface area contributed by atoms with E-state index in [-0.39, 0.29) is 0 Å². The number of benzene rings is 8. The molecule has 0 N–H and O–H groups in total. The van der Waals surface area contributed by atoms with Crippen LogP contribution in [-0.4, -0.2) is 37.4 Å². The Balaban J connectivity index is 0.963. The highest BCUT2D eigenvalue weighted by atomic mass is 16.5. The Morgan fingerprint density at radius 2 is 0.818 bits per heavy atom. The van der Waals surface area contributed by atoms with E-state index in [4.69, 9.17) is 18.9 Å². The monoisotopic (exact) mass is 998 g/mol. The maximum Gasteiger partial charge on any atom is 0.149 e. The van der Waals surface area contributed by atoms with Crippen molar-refractivity contribution in [2.45, 2.75) is 31.1 Å². The van der Waals surface area contributed by atoms with Gasteiger partial charge in [0.15, 0.2) is 0 Å². The molecule has 77 heavy (non-hydrogen) atoms. The summed E-state index contributed by atoms with van der Waals surface area (Å²) >= 11 is 0. The van der Waals surface area contributed by atoms with Gasteiger partial charge in [0.2, 0.25) is 0 Å². The smallest absolute Gasteiger partial charge is 0.149 e. The third kappa shape index (κ3) is 8.46. The van der Waals surface area contributed by atoms with E-state index in [0.717, 1.165) is 118 Å². The minimum atomic E-state index is -0.749. The lowest BCUT2D eigenvalue weighted by molar-refractivity contribution is 0.370. The maximum absolute atomic E-state index is 6.17.